The zero-order valence-electron chi connectivity index (χ0n) is 18.8. The maximum Gasteiger partial charge on any atom is 0.414 e. The molecule has 0 fully saturated rings. The van der Waals surface area contributed by atoms with Crippen LogP contribution in [0.2, 0.25) is 0 Å². The number of carboxylic acid groups (broad SMARTS) is 4. The van der Waals surface area contributed by atoms with Gasteiger partial charge in [-0.2, -0.15) is 0 Å². The van der Waals surface area contributed by atoms with Crippen molar-refractivity contribution in [2.24, 2.45) is 4.99 Å². The SMILES string of the molecule is Brc1ccc2c(c1)CCC(CNCCCNC1=NCCCN1)O2.O=C(O)C(=O)O.O=C(O)C(=O)O. The fourth-order valence-electron chi connectivity index (χ4n) is 2.89. The molecule has 0 aliphatic carbocycles. The van der Waals surface area contributed by atoms with Crippen molar-refractivity contribution in [2.75, 3.05) is 32.7 Å². The number of nitrogens with one attached hydrogen (secondary N) is 3. The minimum atomic E-state index is -1.82. The molecule has 0 radical (unpaired) electrons. The van der Waals surface area contributed by atoms with Crippen LogP contribution in [0.25, 0.3) is 0 Å². The van der Waals surface area contributed by atoms with Crippen molar-refractivity contribution in [1.29, 1.82) is 0 Å². The average Bonchev–Trinajstić information content (AvgIpc) is 2.82. The van der Waals surface area contributed by atoms with Crippen LogP contribution in [0.5, 0.6) is 5.75 Å². The summed E-state index contributed by atoms with van der Waals surface area (Å²) in [6.07, 6.45) is 4.66. The van der Waals surface area contributed by atoms with Gasteiger partial charge in [0.1, 0.15) is 11.9 Å². The smallest absolute Gasteiger partial charge is 0.414 e. The van der Waals surface area contributed by atoms with Crippen LogP contribution in [0.15, 0.2) is 27.7 Å². The van der Waals surface area contributed by atoms with Gasteiger partial charge in [-0.05, 0) is 56.0 Å². The van der Waals surface area contributed by atoms with Crippen molar-refractivity contribution in [3.8, 4) is 5.75 Å². The lowest BCUT2D eigenvalue weighted by Gasteiger charge is -2.26. The van der Waals surface area contributed by atoms with E-state index in [9.17, 15) is 0 Å². The van der Waals surface area contributed by atoms with Crippen LogP contribution in [0.3, 0.4) is 0 Å². The minimum absolute atomic E-state index is 0.279. The summed E-state index contributed by atoms with van der Waals surface area (Å²) < 4.78 is 7.19. The van der Waals surface area contributed by atoms with Crippen molar-refractivity contribution in [3.05, 3.63) is 28.2 Å². The Morgan fingerprint density at radius 1 is 1.06 bits per heavy atom. The zero-order valence-corrected chi connectivity index (χ0v) is 20.4. The van der Waals surface area contributed by atoms with Crippen LogP contribution in [0, 0.1) is 0 Å². The molecule has 3 rings (SSSR count). The number of benzene rings is 1. The van der Waals surface area contributed by atoms with Gasteiger partial charge in [0, 0.05) is 30.7 Å². The van der Waals surface area contributed by atoms with Crippen LogP contribution in [-0.4, -0.2) is 89.1 Å². The zero-order chi connectivity index (χ0) is 26.2. The number of halogens is 1. The molecule has 7 N–H and O–H groups in total. The van der Waals surface area contributed by atoms with Crippen LogP contribution in [0.1, 0.15) is 24.8 Å². The highest BCUT2D eigenvalue weighted by Crippen LogP contribution is 2.29. The Morgan fingerprint density at radius 2 is 1.71 bits per heavy atom. The van der Waals surface area contributed by atoms with Gasteiger partial charge >= 0.3 is 23.9 Å². The van der Waals surface area contributed by atoms with E-state index in [1.807, 2.05) is 6.07 Å². The van der Waals surface area contributed by atoms with Crippen molar-refractivity contribution in [2.45, 2.75) is 31.8 Å². The molecule has 14 heteroatoms. The topological polar surface area (TPSA) is 207 Å². The lowest BCUT2D eigenvalue weighted by Crippen LogP contribution is -2.42. The van der Waals surface area contributed by atoms with Crippen molar-refractivity contribution >= 4 is 45.8 Å². The summed E-state index contributed by atoms with van der Waals surface area (Å²) in [5.41, 5.74) is 1.31. The van der Waals surface area contributed by atoms with Gasteiger partial charge in [0.15, 0.2) is 5.96 Å². The third-order valence-electron chi connectivity index (χ3n) is 4.51. The van der Waals surface area contributed by atoms with Crippen LogP contribution < -0.4 is 20.7 Å². The summed E-state index contributed by atoms with van der Waals surface area (Å²) in [7, 11) is 0. The summed E-state index contributed by atoms with van der Waals surface area (Å²) in [6, 6.07) is 6.27. The summed E-state index contributed by atoms with van der Waals surface area (Å²) in [4.78, 5) is 40.8. The van der Waals surface area contributed by atoms with Crippen molar-refractivity contribution in [1.82, 2.24) is 16.0 Å². The van der Waals surface area contributed by atoms with Gasteiger partial charge in [-0.25, -0.2) is 19.2 Å². The molecule has 0 saturated heterocycles. The first kappa shape index (κ1) is 29.6. The third kappa shape index (κ3) is 13.2. The first-order valence-corrected chi connectivity index (χ1v) is 11.5. The van der Waals surface area contributed by atoms with E-state index in [0.717, 1.165) is 74.6 Å². The second-order valence-corrected chi connectivity index (χ2v) is 8.16. The van der Waals surface area contributed by atoms with Gasteiger partial charge in [0.05, 0.1) is 0 Å². The van der Waals surface area contributed by atoms with Gasteiger partial charge in [-0.3, -0.25) is 4.99 Å². The predicted octanol–water partition coefficient (Wildman–Crippen LogP) is 0.373. The maximum atomic E-state index is 9.10. The number of fused-ring (bicyclic) bond motifs is 1. The van der Waals surface area contributed by atoms with Crippen LogP contribution in [0.4, 0.5) is 0 Å². The lowest BCUT2D eigenvalue weighted by atomic mass is 10.0. The molecule has 0 aromatic heterocycles. The summed E-state index contributed by atoms with van der Waals surface area (Å²) in [6.45, 7) is 4.81. The number of nitrogens with zero attached hydrogens (tertiary/aromatic N) is 1. The lowest BCUT2D eigenvalue weighted by molar-refractivity contribution is -0.159. The molecule has 1 unspecified atom stereocenters. The number of aliphatic carboxylic acids is 4. The number of ether oxygens (including phenoxy) is 1. The largest absolute Gasteiger partial charge is 0.489 e. The number of aryl methyl sites for hydroxylation is 1. The molecule has 1 atom stereocenters. The molecule has 1 aromatic rings. The molecule has 2 aliphatic heterocycles. The molecular weight excluding hydrogens is 532 g/mol. The number of carboxylic acids is 4. The highest BCUT2D eigenvalue weighted by molar-refractivity contribution is 9.10. The monoisotopic (exact) mass is 560 g/mol. The summed E-state index contributed by atoms with van der Waals surface area (Å²) in [5, 5.41) is 39.7. The second kappa shape index (κ2) is 16.3. The standard InChI is InChI=1S/C17H25BrN4O.2C2H2O4/c18-14-4-6-16-13(11-14)3-5-15(23-16)12-19-7-1-8-20-17-21-9-2-10-22-17;2*3-1(4)2(5)6/h4,6,11,15,19H,1-3,5,7-10,12H2,(H2,20,21,22);2*(H,3,4)(H,5,6). The van der Waals surface area contributed by atoms with Crippen LogP contribution >= 0.6 is 15.9 Å². The van der Waals surface area contributed by atoms with Gasteiger partial charge in [-0.15, -0.1) is 0 Å². The maximum absolute atomic E-state index is 9.10. The molecule has 194 valence electrons. The quantitative estimate of drug-likeness (QED) is 0.186. The number of hydrogen-bond donors (Lipinski definition) is 7. The molecule has 2 heterocycles. The van der Waals surface area contributed by atoms with Gasteiger partial charge < -0.3 is 41.1 Å². The Balaban J connectivity index is 0.000000425. The van der Waals surface area contributed by atoms with Crippen molar-refractivity contribution in [3.63, 3.8) is 0 Å². The molecule has 2 aliphatic rings. The fraction of sp³-hybridized carbons (Fsp3) is 0.476. The molecule has 0 bridgehead atoms. The number of guanidine groups is 1. The van der Waals surface area contributed by atoms with E-state index in [1.54, 1.807) is 0 Å². The summed E-state index contributed by atoms with van der Waals surface area (Å²) >= 11 is 3.51. The number of carbonyl (C=O) groups is 4. The first-order chi connectivity index (χ1) is 16.6. The number of aliphatic imine (C=N–C) groups is 1. The van der Waals surface area contributed by atoms with E-state index in [1.165, 1.54) is 5.56 Å². The second-order valence-electron chi connectivity index (χ2n) is 7.25. The molecule has 0 spiro atoms. The van der Waals surface area contributed by atoms with E-state index in [0.29, 0.717) is 0 Å². The molecule has 1 aromatic carbocycles. The van der Waals surface area contributed by atoms with E-state index < -0.39 is 23.9 Å². The average molecular weight is 561 g/mol. The van der Waals surface area contributed by atoms with Gasteiger partial charge in [-0.1, -0.05) is 15.9 Å². The molecule has 0 saturated carbocycles. The van der Waals surface area contributed by atoms with Crippen LogP contribution in [-0.2, 0) is 25.6 Å². The Labute approximate surface area is 209 Å². The molecular formula is C21H29BrN4O9. The Morgan fingerprint density at radius 3 is 2.29 bits per heavy atom. The van der Waals surface area contributed by atoms with E-state index >= 15 is 0 Å². The van der Waals surface area contributed by atoms with Gasteiger partial charge in [0.25, 0.3) is 0 Å². The third-order valence-corrected chi connectivity index (χ3v) is 5.00. The number of hydrogen-bond acceptors (Lipinski definition) is 9. The first-order valence-electron chi connectivity index (χ1n) is 10.7. The minimum Gasteiger partial charge on any atom is -0.489 e. The van der Waals surface area contributed by atoms with Crippen molar-refractivity contribution < 1.29 is 44.3 Å². The molecule has 0 amide bonds. The van der Waals surface area contributed by atoms with E-state index in [-0.39, 0.29) is 6.10 Å². The van der Waals surface area contributed by atoms with E-state index in [2.05, 4.69) is 49.0 Å². The summed E-state index contributed by atoms with van der Waals surface area (Å²) in [5.74, 6) is -5.31. The normalized spacial score (nSPS) is 15.7. The van der Waals surface area contributed by atoms with Gasteiger partial charge in [0.2, 0.25) is 0 Å². The Kier molecular flexibility index (Phi) is 13.8. The Bertz CT molecular complexity index is 863. The highest BCUT2D eigenvalue weighted by atomic mass is 79.9. The number of rotatable bonds is 6. The van der Waals surface area contributed by atoms with E-state index in [4.69, 9.17) is 44.3 Å². The highest BCUT2D eigenvalue weighted by Gasteiger charge is 2.19. The molecule has 13 nitrogen and oxygen atoms in total. The molecule has 35 heavy (non-hydrogen) atoms. The predicted molar refractivity (Wildman–Crippen MR) is 128 cm³/mol. The fourth-order valence-corrected chi connectivity index (χ4v) is 3.30. The Hall–Kier alpha value is -3.39.